The fourth-order valence-corrected chi connectivity index (χ4v) is 1.60. The summed E-state index contributed by atoms with van der Waals surface area (Å²) in [7, 11) is 0. The zero-order valence-electron chi connectivity index (χ0n) is 9.98. The molecular formula is C12H22N2O2. The largest absolute Gasteiger partial charge is 0.394 e. The van der Waals surface area contributed by atoms with Gasteiger partial charge in [-0.2, -0.15) is 0 Å². The van der Waals surface area contributed by atoms with E-state index in [4.69, 9.17) is 9.84 Å². The van der Waals surface area contributed by atoms with E-state index in [0.717, 1.165) is 26.1 Å². The second kappa shape index (κ2) is 8.33. The summed E-state index contributed by atoms with van der Waals surface area (Å²) in [6.07, 6.45) is 3.27. The molecule has 92 valence electrons. The van der Waals surface area contributed by atoms with Gasteiger partial charge in [0.15, 0.2) is 0 Å². The number of hydrogen-bond donors (Lipinski definition) is 2. The molecule has 16 heavy (non-hydrogen) atoms. The Kier molecular flexibility index (Phi) is 6.88. The highest BCUT2D eigenvalue weighted by Crippen LogP contribution is 2.02. The van der Waals surface area contributed by atoms with Crippen LogP contribution in [0.1, 0.15) is 19.0 Å². The van der Waals surface area contributed by atoms with Crippen LogP contribution in [0.3, 0.4) is 0 Å². The van der Waals surface area contributed by atoms with E-state index >= 15 is 0 Å². The zero-order chi connectivity index (χ0) is 11.6. The number of nitrogens with one attached hydrogen (secondary N) is 1. The summed E-state index contributed by atoms with van der Waals surface area (Å²) in [5.41, 5.74) is 1.31. The van der Waals surface area contributed by atoms with Crippen LogP contribution in [0.5, 0.6) is 0 Å². The van der Waals surface area contributed by atoms with Crippen LogP contribution in [0.4, 0.5) is 0 Å². The molecule has 0 amide bonds. The number of nitrogens with zero attached hydrogens (tertiary/aromatic N) is 1. The number of aromatic nitrogens is 1. The molecular weight excluding hydrogens is 204 g/mol. The van der Waals surface area contributed by atoms with Crippen molar-refractivity contribution in [3.63, 3.8) is 0 Å². The van der Waals surface area contributed by atoms with Gasteiger partial charge in [0, 0.05) is 31.5 Å². The summed E-state index contributed by atoms with van der Waals surface area (Å²) in [6.45, 7) is 6.11. The van der Waals surface area contributed by atoms with Gasteiger partial charge in [-0.15, -0.1) is 0 Å². The molecule has 0 unspecified atom stereocenters. The van der Waals surface area contributed by atoms with Gasteiger partial charge in [-0.1, -0.05) is 6.92 Å². The van der Waals surface area contributed by atoms with E-state index in [1.165, 1.54) is 5.69 Å². The second-order valence-corrected chi connectivity index (χ2v) is 3.71. The Morgan fingerprint density at radius 2 is 2.31 bits per heavy atom. The molecule has 1 aromatic heterocycles. The van der Waals surface area contributed by atoms with Gasteiger partial charge in [0.25, 0.3) is 0 Å². The SMILES string of the molecule is CCCn1cccc1CNCCOCCO. The first-order chi connectivity index (χ1) is 7.88. The van der Waals surface area contributed by atoms with Gasteiger partial charge in [0.2, 0.25) is 0 Å². The van der Waals surface area contributed by atoms with Crippen molar-refractivity contribution in [2.45, 2.75) is 26.4 Å². The number of aliphatic hydroxyl groups excluding tert-OH is 1. The highest BCUT2D eigenvalue weighted by atomic mass is 16.5. The summed E-state index contributed by atoms with van der Waals surface area (Å²) < 4.78 is 7.43. The smallest absolute Gasteiger partial charge is 0.0698 e. The van der Waals surface area contributed by atoms with Crippen molar-refractivity contribution in [1.29, 1.82) is 0 Å². The predicted octanol–water partition coefficient (Wildman–Crippen LogP) is 0.997. The molecule has 0 fully saturated rings. The highest BCUT2D eigenvalue weighted by molar-refractivity contribution is 5.06. The van der Waals surface area contributed by atoms with E-state index in [1.807, 2.05) is 0 Å². The summed E-state index contributed by atoms with van der Waals surface area (Å²) >= 11 is 0. The van der Waals surface area contributed by atoms with Crippen molar-refractivity contribution < 1.29 is 9.84 Å². The van der Waals surface area contributed by atoms with Crippen molar-refractivity contribution in [3.8, 4) is 0 Å². The van der Waals surface area contributed by atoms with Crippen LogP contribution in [0.2, 0.25) is 0 Å². The molecule has 0 spiro atoms. The minimum Gasteiger partial charge on any atom is -0.394 e. The standard InChI is InChI=1S/C12H22N2O2/c1-2-6-14-7-3-4-12(14)11-13-5-9-16-10-8-15/h3-4,7,13,15H,2,5-6,8-11H2,1H3. The van der Waals surface area contributed by atoms with E-state index in [1.54, 1.807) is 0 Å². The fourth-order valence-electron chi connectivity index (χ4n) is 1.60. The Bertz CT molecular complexity index is 274. The third-order valence-electron chi connectivity index (χ3n) is 2.35. The lowest BCUT2D eigenvalue weighted by molar-refractivity contribution is 0.0937. The highest BCUT2D eigenvalue weighted by Gasteiger charge is 1.98. The van der Waals surface area contributed by atoms with Crippen molar-refractivity contribution >= 4 is 0 Å². The molecule has 0 bridgehead atoms. The monoisotopic (exact) mass is 226 g/mol. The van der Waals surface area contributed by atoms with Crippen LogP contribution in [0, 0.1) is 0 Å². The molecule has 0 radical (unpaired) electrons. The zero-order valence-corrected chi connectivity index (χ0v) is 9.98. The third kappa shape index (κ3) is 4.79. The van der Waals surface area contributed by atoms with Crippen LogP contribution in [0.25, 0.3) is 0 Å². The molecule has 2 N–H and O–H groups in total. The van der Waals surface area contributed by atoms with Gasteiger partial charge in [0.05, 0.1) is 19.8 Å². The first-order valence-corrected chi connectivity index (χ1v) is 5.91. The quantitative estimate of drug-likeness (QED) is 0.617. The van der Waals surface area contributed by atoms with Crippen LogP contribution in [-0.4, -0.2) is 36.0 Å². The number of rotatable bonds is 9. The molecule has 0 aromatic carbocycles. The van der Waals surface area contributed by atoms with E-state index in [2.05, 4.69) is 35.1 Å². The molecule has 0 atom stereocenters. The minimum atomic E-state index is 0.0966. The average molecular weight is 226 g/mol. The third-order valence-corrected chi connectivity index (χ3v) is 2.35. The summed E-state index contributed by atoms with van der Waals surface area (Å²) in [4.78, 5) is 0. The van der Waals surface area contributed by atoms with Gasteiger partial charge >= 0.3 is 0 Å². The molecule has 1 heterocycles. The Balaban J connectivity index is 2.13. The maximum Gasteiger partial charge on any atom is 0.0698 e. The number of aryl methyl sites for hydroxylation is 1. The lowest BCUT2D eigenvalue weighted by Gasteiger charge is -2.09. The molecule has 1 rings (SSSR count). The summed E-state index contributed by atoms with van der Waals surface area (Å²) in [5, 5.41) is 11.8. The predicted molar refractivity (Wildman–Crippen MR) is 64.3 cm³/mol. The second-order valence-electron chi connectivity index (χ2n) is 3.71. The van der Waals surface area contributed by atoms with Crippen molar-refractivity contribution in [2.24, 2.45) is 0 Å². The molecule has 4 nitrogen and oxygen atoms in total. The van der Waals surface area contributed by atoms with Crippen molar-refractivity contribution in [1.82, 2.24) is 9.88 Å². The number of ether oxygens (including phenoxy) is 1. The van der Waals surface area contributed by atoms with Gasteiger partial charge in [-0.25, -0.2) is 0 Å². The molecule has 1 aromatic rings. The number of aliphatic hydroxyl groups is 1. The fraction of sp³-hybridized carbons (Fsp3) is 0.667. The number of hydrogen-bond acceptors (Lipinski definition) is 3. The van der Waals surface area contributed by atoms with Gasteiger partial charge in [0.1, 0.15) is 0 Å². The van der Waals surface area contributed by atoms with E-state index in [9.17, 15) is 0 Å². The van der Waals surface area contributed by atoms with Gasteiger partial charge < -0.3 is 19.7 Å². The Morgan fingerprint density at radius 3 is 3.06 bits per heavy atom. The van der Waals surface area contributed by atoms with Crippen molar-refractivity contribution in [3.05, 3.63) is 24.0 Å². The molecule has 4 heteroatoms. The lowest BCUT2D eigenvalue weighted by atomic mass is 10.4. The first-order valence-electron chi connectivity index (χ1n) is 5.91. The normalized spacial score (nSPS) is 10.9. The Hall–Kier alpha value is -0.840. The van der Waals surface area contributed by atoms with E-state index in [-0.39, 0.29) is 6.61 Å². The molecule has 0 aliphatic heterocycles. The molecule has 0 saturated heterocycles. The van der Waals surface area contributed by atoms with E-state index < -0.39 is 0 Å². The van der Waals surface area contributed by atoms with E-state index in [0.29, 0.717) is 13.2 Å². The average Bonchev–Trinajstić information content (AvgIpc) is 2.72. The Morgan fingerprint density at radius 1 is 1.44 bits per heavy atom. The maximum atomic E-state index is 8.52. The van der Waals surface area contributed by atoms with Crippen LogP contribution < -0.4 is 5.32 Å². The summed E-state index contributed by atoms with van der Waals surface area (Å²) in [6, 6.07) is 4.21. The molecule has 0 aliphatic rings. The minimum absolute atomic E-state index is 0.0966. The lowest BCUT2D eigenvalue weighted by Crippen LogP contribution is -2.21. The van der Waals surface area contributed by atoms with Crippen LogP contribution >= 0.6 is 0 Å². The van der Waals surface area contributed by atoms with Crippen LogP contribution in [-0.2, 0) is 17.8 Å². The Labute approximate surface area is 97.2 Å². The molecule has 0 aliphatic carbocycles. The summed E-state index contributed by atoms with van der Waals surface area (Å²) in [5.74, 6) is 0. The van der Waals surface area contributed by atoms with Gasteiger partial charge in [-0.05, 0) is 18.6 Å². The van der Waals surface area contributed by atoms with Crippen LogP contribution in [0.15, 0.2) is 18.3 Å². The topological polar surface area (TPSA) is 46.4 Å². The maximum absolute atomic E-state index is 8.52. The first kappa shape index (κ1) is 13.2. The van der Waals surface area contributed by atoms with Gasteiger partial charge in [-0.3, -0.25) is 0 Å². The molecule has 0 saturated carbocycles. The van der Waals surface area contributed by atoms with Crippen molar-refractivity contribution in [2.75, 3.05) is 26.4 Å².